The van der Waals surface area contributed by atoms with Gasteiger partial charge in [-0.1, -0.05) is 0 Å². The molecule has 1 amide bonds. The Morgan fingerprint density at radius 2 is 2.06 bits per heavy atom. The molecule has 0 atom stereocenters. The van der Waals surface area contributed by atoms with Gasteiger partial charge in [0.1, 0.15) is 5.82 Å². The zero-order valence-electron chi connectivity index (χ0n) is 10.3. The van der Waals surface area contributed by atoms with Crippen molar-refractivity contribution in [1.82, 2.24) is 0 Å². The lowest BCUT2D eigenvalue weighted by Gasteiger charge is -2.29. The van der Waals surface area contributed by atoms with Crippen LogP contribution in [0.3, 0.4) is 0 Å². The van der Waals surface area contributed by atoms with E-state index in [4.69, 9.17) is 5.73 Å². The summed E-state index contributed by atoms with van der Waals surface area (Å²) >= 11 is 0. The highest BCUT2D eigenvalue weighted by molar-refractivity contribution is 5.92. The predicted molar refractivity (Wildman–Crippen MR) is 70.1 cm³/mol. The highest BCUT2D eigenvalue weighted by atomic mass is 19.1. The number of anilines is 2. The molecule has 5 heteroatoms. The second-order valence-corrected chi connectivity index (χ2v) is 4.46. The van der Waals surface area contributed by atoms with E-state index < -0.39 is 5.82 Å². The van der Waals surface area contributed by atoms with Gasteiger partial charge in [-0.2, -0.15) is 0 Å². The van der Waals surface area contributed by atoms with Crippen LogP contribution in [0.1, 0.15) is 19.3 Å². The summed E-state index contributed by atoms with van der Waals surface area (Å²) in [5, 5.41) is 2.43. The van der Waals surface area contributed by atoms with Gasteiger partial charge >= 0.3 is 0 Å². The highest BCUT2D eigenvalue weighted by Gasteiger charge is 2.13. The first-order chi connectivity index (χ1) is 8.70. The SMILES string of the molecule is NCC(=O)Nc1ccc(N2CCCCC2)cc1F. The van der Waals surface area contributed by atoms with E-state index in [-0.39, 0.29) is 18.1 Å². The Kier molecular flexibility index (Phi) is 4.15. The fourth-order valence-corrected chi connectivity index (χ4v) is 2.16. The van der Waals surface area contributed by atoms with Crippen LogP contribution in [0.5, 0.6) is 0 Å². The van der Waals surface area contributed by atoms with Crippen LogP contribution in [0.25, 0.3) is 0 Å². The number of amides is 1. The fourth-order valence-electron chi connectivity index (χ4n) is 2.16. The van der Waals surface area contributed by atoms with Crippen molar-refractivity contribution in [3.05, 3.63) is 24.0 Å². The van der Waals surface area contributed by atoms with E-state index in [9.17, 15) is 9.18 Å². The van der Waals surface area contributed by atoms with Crippen LogP contribution in [0.2, 0.25) is 0 Å². The van der Waals surface area contributed by atoms with E-state index in [2.05, 4.69) is 10.2 Å². The van der Waals surface area contributed by atoms with Crippen molar-refractivity contribution in [2.24, 2.45) is 5.73 Å². The molecule has 2 rings (SSSR count). The second-order valence-electron chi connectivity index (χ2n) is 4.46. The first kappa shape index (κ1) is 12.8. The molecular weight excluding hydrogens is 233 g/mol. The third-order valence-electron chi connectivity index (χ3n) is 3.13. The Labute approximate surface area is 106 Å². The first-order valence-corrected chi connectivity index (χ1v) is 6.25. The van der Waals surface area contributed by atoms with Gasteiger partial charge in [-0.15, -0.1) is 0 Å². The molecule has 18 heavy (non-hydrogen) atoms. The molecule has 4 nitrogen and oxygen atoms in total. The monoisotopic (exact) mass is 251 g/mol. The van der Waals surface area contributed by atoms with Crippen molar-refractivity contribution in [3.63, 3.8) is 0 Å². The standard InChI is InChI=1S/C13H18FN3O/c14-11-8-10(17-6-2-1-3-7-17)4-5-12(11)16-13(18)9-15/h4-5,8H,1-3,6-7,9,15H2,(H,16,18). The van der Waals surface area contributed by atoms with E-state index >= 15 is 0 Å². The van der Waals surface area contributed by atoms with Crippen molar-refractivity contribution in [2.75, 3.05) is 29.9 Å². The number of carbonyl (C=O) groups excluding carboxylic acids is 1. The number of carbonyl (C=O) groups is 1. The van der Waals surface area contributed by atoms with Crippen molar-refractivity contribution < 1.29 is 9.18 Å². The summed E-state index contributed by atoms with van der Waals surface area (Å²) in [4.78, 5) is 13.3. The zero-order chi connectivity index (χ0) is 13.0. The molecule has 98 valence electrons. The minimum Gasteiger partial charge on any atom is -0.371 e. The highest BCUT2D eigenvalue weighted by Crippen LogP contribution is 2.24. The fraction of sp³-hybridized carbons (Fsp3) is 0.462. The largest absolute Gasteiger partial charge is 0.371 e. The smallest absolute Gasteiger partial charge is 0.238 e. The van der Waals surface area contributed by atoms with Crippen LogP contribution >= 0.6 is 0 Å². The summed E-state index contributed by atoms with van der Waals surface area (Å²) in [5.41, 5.74) is 6.23. The maximum atomic E-state index is 13.8. The lowest BCUT2D eigenvalue weighted by molar-refractivity contribution is -0.114. The van der Waals surface area contributed by atoms with Gasteiger partial charge in [0.05, 0.1) is 12.2 Å². The average molecular weight is 251 g/mol. The molecule has 0 radical (unpaired) electrons. The van der Waals surface area contributed by atoms with Crippen LogP contribution in [0.4, 0.5) is 15.8 Å². The minimum atomic E-state index is -0.417. The first-order valence-electron chi connectivity index (χ1n) is 6.25. The van der Waals surface area contributed by atoms with Gasteiger partial charge in [-0.25, -0.2) is 4.39 Å². The van der Waals surface area contributed by atoms with Gasteiger partial charge in [-0.05, 0) is 37.5 Å². The Bertz CT molecular complexity index is 430. The predicted octanol–water partition coefficient (Wildman–Crippen LogP) is 1.71. The summed E-state index contributed by atoms with van der Waals surface area (Å²) in [6.07, 6.45) is 3.53. The molecule has 1 fully saturated rings. The van der Waals surface area contributed by atoms with Gasteiger partial charge in [0.2, 0.25) is 5.91 Å². The molecule has 0 aromatic heterocycles. The number of hydrogen-bond donors (Lipinski definition) is 2. The van der Waals surface area contributed by atoms with Crippen molar-refractivity contribution in [2.45, 2.75) is 19.3 Å². The average Bonchev–Trinajstić information content (AvgIpc) is 2.42. The number of hydrogen-bond acceptors (Lipinski definition) is 3. The van der Waals surface area contributed by atoms with Crippen molar-refractivity contribution >= 4 is 17.3 Å². The quantitative estimate of drug-likeness (QED) is 0.860. The number of rotatable bonds is 3. The molecule has 1 aromatic carbocycles. The van der Waals surface area contributed by atoms with Crippen LogP contribution < -0.4 is 16.0 Å². The third kappa shape index (κ3) is 2.98. The summed E-state index contributed by atoms with van der Waals surface area (Å²) < 4.78 is 13.8. The van der Waals surface area contributed by atoms with Gasteiger partial charge in [0.25, 0.3) is 0 Å². The number of benzene rings is 1. The molecule has 3 N–H and O–H groups in total. The maximum absolute atomic E-state index is 13.8. The third-order valence-corrected chi connectivity index (χ3v) is 3.13. The van der Waals surface area contributed by atoms with Gasteiger partial charge in [0, 0.05) is 18.8 Å². The minimum absolute atomic E-state index is 0.146. The van der Waals surface area contributed by atoms with Crippen LogP contribution in [0, 0.1) is 5.82 Å². The molecule has 1 aromatic rings. The number of nitrogens with two attached hydrogens (primary N) is 1. The van der Waals surface area contributed by atoms with Crippen molar-refractivity contribution in [1.29, 1.82) is 0 Å². The van der Waals surface area contributed by atoms with E-state index in [0.29, 0.717) is 0 Å². The molecule has 0 aliphatic carbocycles. The molecule has 0 spiro atoms. The van der Waals surface area contributed by atoms with Crippen LogP contribution in [0.15, 0.2) is 18.2 Å². The Morgan fingerprint density at radius 3 is 2.67 bits per heavy atom. The van der Waals surface area contributed by atoms with E-state index in [1.807, 2.05) is 6.07 Å². The van der Waals surface area contributed by atoms with Crippen LogP contribution in [-0.2, 0) is 4.79 Å². The Morgan fingerprint density at radius 1 is 1.33 bits per heavy atom. The number of halogens is 1. The zero-order valence-corrected chi connectivity index (χ0v) is 10.3. The van der Waals surface area contributed by atoms with E-state index in [1.54, 1.807) is 6.07 Å². The summed E-state index contributed by atoms with van der Waals surface area (Å²) in [7, 11) is 0. The lowest BCUT2D eigenvalue weighted by Crippen LogP contribution is -2.29. The Hall–Kier alpha value is -1.62. The van der Waals surface area contributed by atoms with Gasteiger partial charge in [-0.3, -0.25) is 4.79 Å². The Balaban J connectivity index is 2.11. The molecule has 0 bridgehead atoms. The summed E-state index contributed by atoms with van der Waals surface area (Å²) in [6.45, 7) is 1.79. The number of nitrogens with one attached hydrogen (secondary N) is 1. The summed E-state index contributed by atoms with van der Waals surface area (Å²) in [5.74, 6) is -0.806. The number of nitrogens with zero attached hydrogens (tertiary/aromatic N) is 1. The van der Waals surface area contributed by atoms with Crippen molar-refractivity contribution in [3.8, 4) is 0 Å². The van der Waals surface area contributed by atoms with E-state index in [1.165, 1.54) is 12.5 Å². The molecule has 1 aliphatic heterocycles. The molecule has 1 heterocycles. The second kappa shape index (κ2) is 5.82. The van der Waals surface area contributed by atoms with E-state index in [0.717, 1.165) is 31.6 Å². The van der Waals surface area contributed by atoms with Crippen LogP contribution in [-0.4, -0.2) is 25.5 Å². The molecule has 1 aliphatic rings. The van der Waals surface area contributed by atoms with Gasteiger partial charge < -0.3 is 16.0 Å². The maximum Gasteiger partial charge on any atom is 0.238 e. The lowest BCUT2D eigenvalue weighted by atomic mass is 10.1. The molecule has 1 saturated heterocycles. The topological polar surface area (TPSA) is 58.4 Å². The molecular formula is C13H18FN3O. The normalized spacial score (nSPS) is 15.6. The molecule has 0 unspecified atom stereocenters. The number of piperidine rings is 1. The van der Waals surface area contributed by atoms with Gasteiger partial charge in [0.15, 0.2) is 0 Å². The summed E-state index contributed by atoms with van der Waals surface area (Å²) in [6, 6.07) is 4.89. The molecule has 0 saturated carbocycles.